The van der Waals surface area contributed by atoms with Gasteiger partial charge in [0.25, 0.3) is 0 Å². The fourth-order valence-corrected chi connectivity index (χ4v) is 2.61. The van der Waals surface area contributed by atoms with Gasteiger partial charge < -0.3 is 15.7 Å². The van der Waals surface area contributed by atoms with Crippen LogP contribution in [0.2, 0.25) is 0 Å². The summed E-state index contributed by atoms with van der Waals surface area (Å²) in [6, 6.07) is 0. The van der Waals surface area contributed by atoms with E-state index in [0.29, 0.717) is 5.41 Å². The van der Waals surface area contributed by atoms with E-state index in [1.165, 1.54) is 25.7 Å². The highest BCUT2D eigenvalue weighted by atomic mass is 16.3. The van der Waals surface area contributed by atoms with E-state index in [4.69, 9.17) is 5.73 Å². The van der Waals surface area contributed by atoms with Gasteiger partial charge in [0, 0.05) is 13.1 Å². The van der Waals surface area contributed by atoms with Gasteiger partial charge in [-0.3, -0.25) is 0 Å². The van der Waals surface area contributed by atoms with Gasteiger partial charge in [-0.15, -0.1) is 0 Å². The molecule has 1 aliphatic carbocycles. The Morgan fingerprint density at radius 3 is 2.47 bits per heavy atom. The highest BCUT2D eigenvalue weighted by Crippen LogP contribution is 2.37. The summed E-state index contributed by atoms with van der Waals surface area (Å²) in [6.07, 6.45) is 5.90. The molecule has 1 unspecified atom stereocenters. The molecule has 0 spiro atoms. The van der Waals surface area contributed by atoms with Crippen molar-refractivity contribution < 1.29 is 5.11 Å². The van der Waals surface area contributed by atoms with E-state index in [2.05, 4.69) is 11.9 Å². The lowest BCUT2D eigenvalue weighted by atomic mass is 9.86. The maximum atomic E-state index is 9.23. The second-order valence-electron chi connectivity index (χ2n) is 5.29. The minimum Gasteiger partial charge on any atom is -0.393 e. The molecule has 0 aromatic carbocycles. The van der Waals surface area contributed by atoms with Crippen molar-refractivity contribution in [2.75, 3.05) is 26.7 Å². The monoisotopic (exact) mass is 214 g/mol. The van der Waals surface area contributed by atoms with Crippen molar-refractivity contribution in [2.45, 2.75) is 45.1 Å². The third-order valence-corrected chi connectivity index (χ3v) is 3.63. The van der Waals surface area contributed by atoms with Crippen molar-refractivity contribution in [3.05, 3.63) is 0 Å². The lowest BCUT2D eigenvalue weighted by Gasteiger charge is -2.32. The number of rotatable bonds is 6. The molecule has 1 rings (SSSR count). The van der Waals surface area contributed by atoms with Crippen LogP contribution in [0, 0.1) is 5.41 Å². The number of nitrogens with two attached hydrogens (primary N) is 1. The van der Waals surface area contributed by atoms with E-state index < -0.39 is 0 Å². The van der Waals surface area contributed by atoms with Crippen molar-refractivity contribution in [3.63, 3.8) is 0 Å². The smallest absolute Gasteiger partial charge is 0.0524 e. The van der Waals surface area contributed by atoms with Crippen molar-refractivity contribution in [1.82, 2.24) is 4.90 Å². The second-order valence-corrected chi connectivity index (χ2v) is 5.29. The van der Waals surface area contributed by atoms with Gasteiger partial charge in [-0.2, -0.15) is 0 Å². The van der Waals surface area contributed by atoms with Crippen LogP contribution < -0.4 is 5.73 Å². The van der Waals surface area contributed by atoms with Gasteiger partial charge in [0.1, 0.15) is 0 Å². The van der Waals surface area contributed by atoms with Crippen LogP contribution in [0.5, 0.6) is 0 Å². The van der Waals surface area contributed by atoms with Gasteiger partial charge in [0.05, 0.1) is 6.10 Å². The Kier molecular flexibility index (Phi) is 5.03. The van der Waals surface area contributed by atoms with Crippen molar-refractivity contribution in [1.29, 1.82) is 0 Å². The van der Waals surface area contributed by atoms with Crippen LogP contribution in [0.15, 0.2) is 0 Å². The predicted molar refractivity (Wildman–Crippen MR) is 63.8 cm³/mol. The summed E-state index contributed by atoms with van der Waals surface area (Å²) < 4.78 is 0. The molecule has 3 nitrogen and oxygen atoms in total. The van der Waals surface area contributed by atoms with Crippen molar-refractivity contribution in [2.24, 2.45) is 11.1 Å². The molecule has 1 fully saturated rings. The molecule has 1 aliphatic rings. The maximum absolute atomic E-state index is 9.23. The summed E-state index contributed by atoms with van der Waals surface area (Å²) in [5, 5.41) is 9.23. The highest BCUT2D eigenvalue weighted by molar-refractivity contribution is 4.87. The molecular formula is C12H26N2O. The third kappa shape index (κ3) is 4.09. The Morgan fingerprint density at radius 1 is 1.40 bits per heavy atom. The van der Waals surface area contributed by atoms with E-state index in [1.54, 1.807) is 0 Å². The van der Waals surface area contributed by atoms with Crippen LogP contribution in [0.25, 0.3) is 0 Å². The van der Waals surface area contributed by atoms with Crippen LogP contribution in [0.4, 0.5) is 0 Å². The Balaban J connectivity index is 2.31. The Labute approximate surface area is 93.6 Å². The lowest BCUT2D eigenvalue weighted by molar-refractivity contribution is 0.138. The standard InChI is InChI=1S/C12H26N2O/c1-11(15)5-8-14(2)10-12(9-13)6-3-4-7-12/h11,15H,3-10,13H2,1-2H3. The minimum absolute atomic E-state index is 0.190. The van der Waals surface area contributed by atoms with Gasteiger partial charge in [-0.05, 0) is 45.2 Å². The molecule has 1 atom stereocenters. The molecule has 0 radical (unpaired) electrons. The molecule has 0 saturated heterocycles. The van der Waals surface area contributed by atoms with Crippen LogP contribution in [0.1, 0.15) is 39.0 Å². The molecule has 0 aliphatic heterocycles. The van der Waals surface area contributed by atoms with E-state index in [9.17, 15) is 5.11 Å². The number of hydrogen-bond acceptors (Lipinski definition) is 3. The Bertz CT molecular complexity index is 176. The molecule has 3 heteroatoms. The number of hydrogen-bond donors (Lipinski definition) is 2. The van der Waals surface area contributed by atoms with Crippen LogP contribution in [-0.4, -0.2) is 42.8 Å². The molecule has 1 saturated carbocycles. The first-order valence-corrected chi connectivity index (χ1v) is 6.15. The van der Waals surface area contributed by atoms with Crippen molar-refractivity contribution in [3.8, 4) is 0 Å². The predicted octanol–water partition coefficient (Wildman–Crippen LogP) is 1.21. The lowest BCUT2D eigenvalue weighted by Crippen LogP contribution is -2.40. The fraction of sp³-hybridized carbons (Fsp3) is 1.00. The first kappa shape index (κ1) is 12.9. The summed E-state index contributed by atoms with van der Waals surface area (Å²) in [6.45, 7) is 4.73. The van der Waals surface area contributed by atoms with E-state index >= 15 is 0 Å². The zero-order chi connectivity index (χ0) is 11.3. The molecule has 15 heavy (non-hydrogen) atoms. The Hall–Kier alpha value is -0.120. The Morgan fingerprint density at radius 2 is 2.00 bits per heavy atom. The number of aliphatic hydroxyl groups excluding tert-OH is 1. The molecule has 0 aromatic rings. The van der Waals surface area contributed by atoms with E-state index in [1.807, 2.05) is 6.92 Å². The molecule has 3 N–H and O–H groups in total. The number of aliphatic hydroxyl groups is 1. The van der Waals surface area contributed by atoms with Gasteiger partial charge in [0.2, 0.25) is 0 Å². The summed E-state index contributed by atoms with van der Waals surface area (Å²) in [5.74, 6) is 0. The van der Waals surface area contributed by atoms with Crippen LogP contribution in [-0.2, 0) is 0 Å². The molecule has 0 bridgehead atoms. The zero-order valence-electron chi connectivity index (χ0n) is 10.2. The summed E-state index contributed by atoms with van der Waals surface area (Å²) in [5.41, 5.74) is 6.27. The first-order chi connectivity index (χ1) is 7.08. The molecular weight excluding hydrogens is 188 g/mol. The molecule has 0 aromatic heterocycles. The largest absolute Gasteiger partial charge is 0.393 e. The molecule has 0 heterocycles. The van der Waals surface area contributed by atoms with E-state index in [-0.39, 0.29) is 6.10 Å². The average Bonchev–Trinajstić information content (AvgIpc) is 2.64. The van der Waals surface area contributed by atoms with Crippen molar-refractivity contribution >= 4 is 0 Å². The second kappa shape index (κ2) is 5.83. The fourth-order valence-electron chi connectivity index (χ4n) is 2.61. The quantitative estimate of drug-likeness (QED) is 0.698. The van der Waals surface area contributed by atoms with Gasteiger partial charge in [-0.25, -0.2) is 0 Å². The van der Waals surface area contributed by atoms with Gasteiger partial charge in [0.15, 0.2) is 0 Å². The minimum atomic E-state index is -0.190. The maximum Gasteiger partial charge on any atom is 0.0524 e. The SMILES string of the molecule is CC(O)CCN(C)CC1(CN)CCCC1. The third-order valence-electron chi connectivity index (χ3n) is 3.63. The first-order valence-electron chi connectivity index (χ1n) is 6.15. The topological polar surface area (TPSA) is 49.5 Å². The van der Waals surface area contributed by atoms with E-state index in [0.717, 1.165) is 26.1 Å². The van der Waals surface area contributed by atoms with Crippen LogP contribution in [0.3, 0.4) is 0 Å². The average molecular weight is 214 g/mol. The normalized spacial score (nSPS) is 22.2. The zero-order valence-corrected chi connectivity index (χ0v) is 10.2. The van der Waals surface area contributed by atoms with Gasteiger partial charge in [-0.1, -0.05) is 12.8 Å². The summed E-state index contributed by atoms with van der Waals surface area (Å²) in [4.78, 5) is 2.32. The number of nitrogens with zero attached hydrogens (tertiary/aromatic N) is 1. The van der Waals surface area contributed by atoms with Crippen LogP contribution >= 0.6 is 0 Å². The summed E-state index contributed by atoms with van der Waals surface area (Å²) in [7, 11) is 2.14. The van der Waals surface area contributed by atoms with Gasteiger partial charge >= 0.3 is 0 Å². The molecule has 90 valence electrons. The highest BCUT2D eigenvalue weighted by Gasteiger charge is 2.33. The summed E-state index contributed by atoms with van der Waals surface area (Å²) >= 11 is 0. The molecule has 0 amide bonds.